The van der Waals surface area contributed by atoms with E-state index in [0.29, 0.717) is 10.2 Å². The van der Waals surface area contributed by atoms with E-state index in [4.69, 9.17) is 13.6 Å². The molecule has 0 N–H and O–H groups in total. The van der Waals surface area contributed by atoms with E-state index in [1.807, 2.05) is 6.92 Å². The van der Waals surface area contributed by atoms with E-state index in [2.05, 4.69) is 15.9 Å². The lowest BCUT2D eigenvalue weighted by Gasteiger charge is -2.08. The third kappa shape index (κ3) is 1.72. The maximum absolute atomic E-state index is 6.99. The minimum absolute atomic E-state index is 0.285. The summed E-state index contributed by atoms with van der Waals surface area (Å²) in [5, 5.41) is 0. The van der Waals surface area contributed by atoms with Crippen molar-refractivity contribution in [2.75, 3.05) is 14.1 Å². The van der Waals surface area contributed by atoms with E-state index in [1.165, 1.54) is 0 Å². The summed E-state index contributed by atoms with van der Waals surface area (Å²) in [7, 11) is -0.886. The number of methoxy groups -OCH3 is 2. The van der Waals surface area contributed by atoms with Gasteiger partial charge in [-0.25, -0.2) is 0 Å². The molecular formula is C9H11BrO2. The van der Waals surface area contributed by atoms with Crippen LogP contribution < -0.4 is 9.47 Å². The van der Waals surface area contributed by atoms with Crippen LogP contribution in [0.2, 0.25) is 0 Å². The molecule has 0 saturated heterocycles. The van der Waals surface area contributed by atoms with E-state index in [0.717, 1.165) is 5.56 Å². The van der Waals surface area contributed by atoms with E-state index < -0.39 is 7.04 Å². The first kappa shape index (κ1) is 5.86. The lowest BCUT2D eigenvalue weighted by atomic mass is 10.2. The monoisotopic (exact) mass is 233 g/mol. The van der Waals surface area contributed by atoms with Gasteiger partial charge in [-0.1, -0.05) is 0 Å². The maximum Gasteiger partial charge on any atom is 0.133 e. The first-order valence-corrected chi connectivity index (χ1v) is 4.16. The summed E-state index contributed by atoms with van der Waals surface area (Å²) in [6.07, 6.45) is 0. The van der Waals surface area contributed by atoms with E-state index in [-0.39, 0.29) is 5.75 Å². The molecule has 0 aliphatic rings. The first-order valence-electron chi connectivity index (χ1n) is 4.86. The Labute approximate surface area is 84.8 Å². The second kappa shape index (κ2) is 3.81. The Morgan fingerprint density at radius 2 is 2.08 bits per heavy atom. The Balaban J connectivity index is 3.05. The molecule has 0 aliphatic heterocycles. The minimum atomic E-state index is -2.44. The number of benzene rings is 1. The molecule has 0 fully saturated rings. The molecule has 12 heavy (non-hydrogen) atoms. The van der Waals surface area contributed by atoms with Crippen molar-refractivity contribution in [3.63, 3.8) is 0 Å². The van der Waals surface area contributed by atoms with E-state index in [1.54, 1.807) is 19.2 Å². The molecule has 1 aromatic carbocycles. The summed E-state index contributed by atoms with van der Waals surface area (Å²) >= 11 is 3.22. The Hall–Kier alpha value is -0.700. The highest BCUT2D eigenvalue weighted by Gasteiger charge is 2.04. The van der Waals surface area contributed by atoms with Crippen LogP contribution in [0.25, 0.3) is 0 Å². The van der Waals surface area contributed by atoms with Crippen molar-refractivity contribution >= 4 is 15.9 Å². The molecule has 0 spiro atoms. The summed E-state index contributed by atoms with van der Waals surface area (Å²) in [5.41, 5.74) is 0.819. The van der Waals surface area contributed by atoms with Gasteiger partial charge in [0.05, 0.1) is 22.7 Å². The van der Waals surface area contributed by atoms with Crippen molar-refractivity contribution in [1.29, 1.82) is 0 Å². The fraction of sp³-hybridized carbons (Fsp3) is 0.333. The normalized spacial score (nSPS) is 14.4. The molecule has 0 aromatic heterocycles. The van der Waals surface area contributed by atoms with Gasteiger partial charge in [-0.2, -0.15) is 0 Å². The molecule has 0 saturated carbocycles. The van der Waals surface area contributed by atoms with Gasteiger partial charge in [0.15, 0.2) is 0 Å². The van der Waals surface area contributed by atoms with Crippen LogP contribution >= 0.6 is 15.9 Å². The van der Waals surface area contributed by atoms with Crippen molar-refractivity contribution in [2.45, 2.75) is 6.92 Å². The average Bonchev–Trinajstić information content (AvgIpc) is 2.08. The van der Waals surface area contributed by atoms with Gasteiger partial charge in [0.2, 0.25) is 0 Å². The zero-order chi connectivity index (χ0) is 11.6. The highest BCUT2D eigenvalue weighted by molar-refractivity contribution is 9.10. The summed E-state index contributed by atoms with van der Waals surface area (Å²) in [6.45, 7) is 1.82. The molecule has 1 rings (SSSR count). The molecule has 0 amide bonds. The zero-order valence-electron chi connectivity index (χ0n) is 9.85. The molecular weight excluding hydrogens is 220 g/mol. The molecule has 1 aromatic rings. The van der Waals surface area contributed by atoms with Crippen LogP contribution in [0.3, 0.4) is 0 Å². The summed E-state index contributed by atoms with van der Waals surface area (Å²) in [5.74, 6) is 0.966. The third-order valence-corrected chi connectivity index (χ3v) is 2.18. The lowest BCUT2D eigenvalue weighted by Crippen LogP contribution is -1.90. The predicted octanol–water partition coefficient (Wildman–Crippen LogP) is 2.77. The zero-order valence-corrected chi connectivity index (χ0v) is 8.44. The summed E-state index contributed by atoms with van der Waals surface area (Å²) < 4.78 is 31.4. The number of hydrogen-bond donors (Lipinski definition) is 0. The van der Waals surface area contributed by atoms with E-state index in [9.17, 15) is 0 Å². The molecule has 2 nitrogen and oxygen atoms in total. The number of ether oxygens (including phenoxy) is 2. The van der Waals surface area contributed by atoms with Crippen LogP contribution in [0.4, 0.5) is 0 Å². The van der Waals surface area contributed by atoms with Gasteiger partial charge in [0.25, 0.3) is 0 Å². The molecule has 3 heteroatoms. The van der Waals surface area contributed by atoms with E-state index >= 15 is 0 Å². The van der Waals surface area contributed by atoms with Gasteiger partial charge in [0.1, 0.15) is 11.5 Å². The topological polar surface area (TPSA) is 18.5 Å². The Kier molecular flexibility index (Phi) is 1.86. The van der Waals surface area contributed by atoms with Gasteiger partial charge in [0, 0.05) is 0 Å². The molecule has 0 unspecified atom stereocenters. The SMILES string of the molecule is [2H]C([2H])([2H])Oc1cc(C)c(OC)cc1Br. The molecule has 66 valence electrons. The van der Waals surface area contributed by atoms with Crippen molar-refractivity contribution < 1.29 is 13.6 Å². The smallest absolute Gasteiger partial charge is 0.133 e. The van der Waals surface area contributed by atoms with Crippen LogP contribution in [0.1, 0.15) is 9.68 Å². The van der Waals surface area contributed by atoms with Crippen molar-refractivity contribution in [3.05, 3.63) is 22.2 Å². The highest BCUT2D eigenvalue weighted by atomic mass is 79.9. The van der Waals surface area contributed by atoms with Crippen molar-refractivity contribution in [2.24, 2.45) is 0 Å². The fourth-order valence-corrected chi connectivity index (χ4v) is 1.34. The quantitative estimate of drug-likeness (QED) is 0.783. The first-order chi connectivity index (χ1) is 6.83. The second-order valence-electron chi connectivity index (χ2n) is 2.35. The van der Waals surface area contributed by atoms with Gasteiger partial charge >= 0.3 is 0 Å². The number of aryl methyl sites for hydroxylation is 1. The Morgan fingerprint density at radius 3 is 2.67 bits per heavy atom. The van der Waals surface area contributed by atoms with Crippen LogP contribution in [0.5, 0.6) is 11.5 Å². The van der Waals surface area contributed by atoms with Gasteiger partial charge < -0.3 is 9.47 Å². The van der Waals surface area contributed by atoms with Crippen molar-refractivity contribution in [1.82, 2.24) is 0 Å². The fourth-order valence-electron chi connectivity index (χ4n) is 0.935. The summed E-state index contributed by atoms with van der Waals surface area (Å²) in [4.78, 5) is 0. The number of hydrogen-bond acceptors (Lipinski definition) is 2. The Morgan fingerprint density at radius 1 is 1.33 bits per heavy atom. The van der Waals surface area contributed by atoms with Gasteiger partial charge in [-0.15, -0.1) is 0 Å². The summed E-state index contributed by atoms with van der Waals surface area (Å²) in [6, 6.07) is 3.30. The van der Waals surface area contributed by atoms with Crippen LogP contribution in [-0.2, 0) is 0 Å². The van der Waals surface area contributed by atoms with Crippen molar-refractivity contribution in [3.8, 4) is 11.5 Å². The Bertz CT molecular complexity index is 363. The number of halogens is 1. The molecule has 0 atom stereocenters. The predicted molar refractivity (Wildman–Crippen MR) is 52.0 cm³/mol. The second-order valence-corrected chi connectivity index (χ2v) is 3.21. The average molecular weight is 234 g/mol. The number of rotatable bonds is 2. The van der Waals surface area contributed by atoms with Gasteiger partial charge in [-0.3, -0.25) is 0 Å². The largest absolute Gasteiger partial charge is 0.496 e. The highest BCUT2D eigenvalue weighted by Crippen LogP contribution is 2.31. The molecule has 0 radical (unpaired) electrons. The maximum atomic E-state index is 6.99. The van der Waals surface area contributed by atoms with Crippen LogP contribution in [0.15, 0.2) is 16.6 Å². The van der Waals surface area contributed by atoms with Crippen LogP contribution in [0, 0.1) is 6.92 Å². The minimum Gasteiger partial charge on any atom is -0.496 e. The lowest BCUT2D eigenvalue weighted by molar-refractivity contribution is 0.398. The van der Waals surface area contributed by atoms with Crippen LogP contribution in [-0.4, -0.2) is 14.1 Å². The van der Waals surface area contributed by atoms with Gasteiger partial charge in [-0.05, 0) is 40.5 Å². The molecule has 0 bridgehead atoms. The molecule has 0 heterocycles. The molecule has 0 aliphatic carbocycles. The third-order valence-electron chi connectivity index (χ3n) is 1.56. The standard InChI is InChI=1S/C9H11BrO2/c1-6-4-9(12-3)7(10)5-8(6)11-2/h4-5H,1-3H3/i3D3.